The molecule has 3 atom stereocenters. The smallest absolute Gasteiger partial charge is 0.413 e. The van der Waals surface area contributed by atoms with Gasteiger partial charge in [0.15, 0.2) is 0 Å². The van der Waals surface area contributed by atoms with Gasteiger partial charge in [-0.05, 0) is 25.2 Å². The number of carboxylic acids is 1. The van der Waals surface area contributed by atoms with E-state index in [1.807, 2.05) is 0 Å². The van der Waals surface area contributed by atoms with Gasteiger partial charge in [-0.25, -0.2) is 4.79 Å². The second-order valence-electron chi connectivity index (χ2n) is 5.41. The lowest BCUT2D eigenvalue weighted by atomic mass is 9.85. The molecule has 2 N–H and O–H groups in total. The lowest BCUT2D eigenvalue weighted by molar-refractivity contribution is -0.143. The molecule has 2 aliphatic rings. The first kappa shape index (κ1) is 14.8. The summed E-state index contributed by atoms with van der Waals surface area (Å²) >= 11 is 0. The maximum atomic E-state index is 11.8. The first-order chi connectivity index (χ1) is 9.52. The minimum Gasteiger partial charge on any atom is -0.480 e. The third kappa shape index (κ3) is 3.09. The number of carboxylic acid groups (broad SMARTS) is 1. The number of nitrogens with zero attached hydrogens (tertiary/aromatic N) is 1. The summed E-state index contributed by atoms with van der Waals surface area (Å²) < 4.78 is 4.36. The molecule has 1 saturated heterocycles. The molecule has 112 valence electrons. The van der Waals surface area contributed by atoms with Crippen LogP contribution in [0.5, 0.6) is 0 Å². The molecule has 0 radical (unpaired) electrons. The molecule has 2 amide bonds. The van der Waals surface area contributed by atoms with Gasteiger partial charge in [-0.2, -0.15) is 0 Å². The van der Waals surface area contributed by atoms with Crippen LogP contribution < -0.4 is 5.32 Å². The van der Waals surface area contributed by atoms with Crippen molar-refractivity contribution in [3.8, 4) is 0 Å². The van der Waals surface area contributed by atoms with Crippen molar-refractivity contribution in [2.75, 3.05) is 13.7 Å². The van der Waals surface area contributed by atoms with Gasteiger partial charge in [-0.15, -0.1) is 0 Å². The summed E-state index contributed by atoms with van der Waals surface area (Å²) in [5.41, 5.74) is 0. The molecular weight excluding hydrogens is 264 g/mol. The van der Waals surface area contributed by atoms with Crippen molar-refractivity contribution in [1.82, 2.24) is 10.2 Å². The van der Waals surface area contributed by atoms with Crippen LogP contribution in [0.2, 0.25) is 0 Å². The second-order valence-corrected chi connectivity index (χ2v) is 5.41. The van der Waals surface area contributed by atoms with Crippen LogP contribution in [0.4, 0.5) is 4.79 Å². The predicted molar refractivity (Wildman–Crippen MR) is 69.0 cm³/mol. The quantitative estimate of drug-likeness (QED) is 0.787. The number of nitrogens with one attached hydrogen (secondary N) is 1. The van der Waals surface area contributed by atoms with Crippen LogP contribution >= 0.6 is 0 Å². The Morgan fingerprint density at radius 3 is 2.65 bits per heavy atom. The fourth-order valence-corrected chi connectivity index (χ4v) is 3.39. The number of alkyl carbamates (subject to hydrolysis) is 1. The number of aliphatic carboxylic acids is 1. The molecule has 2 fully saturated rings. The molecule has 3 unspecified atom stereocenters. The van der Waals surface area contributed by atoms with Gasteiger partial charge >= 0.3 is 12.1 Å². The Hall–Kier alpha value is -1.63. The molecule has 0 aromatic carbocycles. The van der Waals surface area contributed by atoms with Crippen LogP contribution in [0.1, 0.15) is 32.1 Å². The topological polar surface area (TPSA) is 95.9 Å². The fourth-order valence-electron chi connectivity index (χ4n) is 3.39. The average molecular weight is 284 g/mol. The molecule has 0 spiro atoms. The Bertz CT molecular complexity index is 412. The summed E-state index contributed by atoms with van der Waals surface area (Å²) in [6, 6.07) is -0.500. The van der Waals surface area contributed by atoms with Crippen molar-refractivity contribution in [3.63, 3.8) is 0 Å². The third-order valence-corrected chi connectivity index (χ3v) is 4.26. The molecule has 7 heteroatoms. The van der Waals surface area contributed by atoms with E-state index in [4.69, 9.17) is 0 Å². The SMILES string of the molecule is COC(=O)NC(=O)CN1C(C(=O)O)CC2CCCCC21. The summed E-state index contributed by atoms with van der Waals surface area (Å²) in [5.74, 6) is -1.07. The Kier molecular flexibility index (Phi) is 4.59. The minimum absolute atomic E-state index is 0.0762. The first-order valence-corrected chi connectivity index (χ1v) is 6.89. The van der Waals surface area contributed by atoms with Crippen molar-refractivity contribution < 1.29 is 24.2 Å². The summed E-state index contributed by atoms with van der Waals surface area (Å²) in [5, 5.41) is 11.4. The van der Waals surface area contributed by atoms with Gasteiger partial charge in [-0.3, -0.25) is 19.8 Å². The zero-order valence-corrected chi connectivity index (χ0v) is 11.5. The maximum Gasteiger partial charge on any atom is 0.413 e. The fraction of sp³-hybridized carbons (Fsp3) is 0.769. The molecule has 1 heterocycles. The molecule has 0 aromatic heterocycles. The van der Waals surface area contributed by atoms with Crippen molar-refractivity contribution >= 4 is 18.0 Å². The van der Waals surface area contributed by atoms with E-state index in [1.54, 1.807) is 4.90 Å². The van der Waals surface area contributed by atoms with E-state index in [9.17, 15) is 19.5 Å². The highest BCUT2D eigenvalue weighted by molar-refractivity contribution is 5.93. The molecule has 0 aromatic rings. The Labute approximate surface area is 117 Å². The van der Waals surface area contributed by atoms with Crippen molar-refractivity contribution in [1.29, 1.82) is 0 Å². The number of ether oxygens (including phenoxy) is 1. The largest absolute Gasteiger partial charge is 0.480 e. The van der Waals surface area contributed by atoms with Crippen LogP contribution in [0.3, 0.4) is 0 Å². The van der Waals surface area contributed by atoms with Gasteiger partial charge in [0.2, 0.25) is 5.91 Å². The molecule has 20 heavy (non-hydrogen) atoms. The predicted octanol–water partition coefficient (Wildman–Crippen LogP) is 0.587. The lowest BCUT2D eigenvalue weighted by Crippen LogP contribution is -2.48. The zero-order valence-electron chi connectivity index (χ0n) is 11.5. The molecule has 0 bridgehead atoms. The lowest BCUT2D eigenvalue weighted by Gasteiger charge is -2.32. The molecule has 2 rings (SSSR count). The van der Waals surface area contributed by atoms with Crippen LogP contribution in [-0.4, -0.2) is 53.7 Å². The van der Waals surface area contributed by atoms with Gasteiger partial charge < -0.3 is 9.84 Å². The number of carbonyl (C=O) groups excluding carboxylic acids is 2. The van der Waals surface area contributed by atoms with Gasteiger partial charge in [-0.1, -0.05) is 12.8 Å². The van der Waals surface area contributed by atoms with Gasteiger partial charge in [0.1, 0.15) is 6.04 Å². The highest BCUT2D eigenvalue weighted by atomic mass is 16.5. The maximum absolute atomic E-state index is 11.8. The van der Waals surface area contributed by atoms with Gasteiger partial charge in [0, 0.05) is 6.04 Å². The van der Waals surface area contributed by atoms with Crippen molar-refractivity contribution in [2.24, 2.45) is 5.92 Å². The first-order valence-electron chi connectivity index (χ1n) is 6.89. The van der Waals surface area contributed by atoms with Crippen molar-refractivity contribution in [2.45, 2.75) is 44.2 Å². The third-order valence-electron chi connectivity index (χ3n) is 4.26. The van der Waals surface area contributed by atoms with E-state index in [0.29, 0.717) is 12.3 Å². The Balaban J connectivity index is 2.03. The van der Waals surface area contributed by atoms with Gasteiger partial charge in [0.25, 0.3) is 0 Å². The number of imide groups is 1. The summed E-state index contributed by atoms with van der Waals surface area (Å²) in [6.45, 7) is -0.0762. The van der Waals surface area contributed by atoms with Gasteiger partial charge in [0.05, 0.1) is 13.7 Å². The van der Waals surface area contributed by atoms with E-state index >= 15 is 0 Å². The van der Waals surface area contributed by atoms with Crippen LogP contribution in [0, 0.1) is 5.92 Å². The second kappa shape index (κ2) is 6.21. The molecular formula is C13H20N2O5. The van der Waals surface area contributed by atoms with E-state index in [2.05, 4.69) is 10.1 Å². The molecule has 1 aliphatic carbocycles. The Morgan fingerprint density at radius 1 is 1.30 bits per heavy atom. The number of likely N-dealkylation sites (tertiary alicyclic amines) is 1. The monoisotopic (exact) mass is 284 g/mol. The van der Waals surface area contributed by atoms with E-state index in [0.717, 1.165) is 25.7 Å². The summed E-state index contributed by atoms with van der Waals surface area (Å²) in [7, 11) is 1.18. The summed E-state index contributed by atoms with van der Waals surface area (Å²) in [4.78, 5) is 35.8. The van der Waals surface area contributed by atoms with Crippen LogP contribution in [-0.2, 0) is 14.3 Å². The Morgan fingerprint density at radius 2 is 2.00 bits per heavy atom. The highest BCUT2D eigenvalue weighted by Gasteiger charge is 2.45. The average Bonchev–Trinajstić information content (AvgIpc) is 2.78. The zero-order chi connectivity index (χ0) is 14.7. The molecule has 7 nitrogen and oxygen atoms in total. The van der Waals surface area contributed by atoms with E-state index < -0.39 is 24.0 Å². The standard InChI is InChI=1S/C13H20N2O5/c1-20-13(19)14-11(16)7-15-9-5-3-2-4-8(9)6-10(15)12(17)18/h8-10H,2-7H2,1H3,(H,17,18)(H,14,16,19). The van der Waals surface area contributed by atoms with E-state index in [1.165, 1.54) is 7.11 Å². The van der Waals surface area contributed by atoms with E-state index in [-0.39, 0.29) is 12.6 Å². The van der Waals surface area contributed by atoms with Crippen LogP contribution in [0.25, 0.3) is 0 Å². The number of hydrogen-bond acceptors (Lipinski definition) is 5. The number of rotatable bonds is 3. The minimum atomic E-state index is -0.898. The number of methoxy groups -OCH3 is 1. The number of amides is 2. The van der Waals surface area contributed by atoms with Crippen molar-refractivity contribution in [3.05, 3.63) is 0 Å². The molecule has 1 saturated carbocycles. The number of hydrogen-bond donors (Lipinski definition) is 2. The number of carbonyl (C=O) groups is 3. The molecule has 1 aliphatic heterocycles. The van der Waals surface area contributed by atoms with Crippen LogP contribution in [0.15, 0.2) is 0 Å². The normalized spacial score (nSPS) is 29.6. The highest BCUT2D eigenvalue weighted by Crippen LogP contribution is 2.39. The summed E-state index contributed by atoms with van der Waals surface area (Å²) in [6.07, 6.45) is 3.88. The number of fused-ring (bicyclic) bond motifs is 1.